The molecule has 41 heavy (non-hydrogen) atoms. The second kappa shape index (κ2) is 14.3. The van der Waals surface area contributed by atoms with Crippen molar-refractivity contribution in [3.8, 4) is 0 Å². The van der Waals surface area contributed by atoms with Gasteiger partial charge in [0.05, 0.1) is 0 Å². The average molecular weight is 573 g/mol. The molecule has 1 aliphatic heterocycles. The van der Waals surface area contributed by atoms with Crippen LogP contribution in [0, 0.1) is 18.8 Å². The fourth-order valence-electron chi connectivity index (χ4n) is 6.53. The Kier molecular flexibility index (Phi) is 10.3. The molecule has 5 rings (SSSR count). The van der Waals surface area contributed by atoms with Crippen molar-refractivity contribution in [2.24, 2.45) is 17.6 Å². The zero-order valence-electron chi connectivity index (χ0n) is 24.2. The summed E-state index contributed by atoms with van der Waals surface area (Å²) in [4.78, 5) is 33.3. The molecule has 2 aromatic carbocycles. The van der Waals surface area contributed by atoms with Crippen molar-refractivity contribution in [2.45, 2.75) is 70.6 Å². The highest BCUT2D eigenvalue weighted by Crippen LogP contribution is 2.30. The predicted molar refractivity (Wildman–Crippen MR) is 167 cm³/mol. The summed E-state index contributed by atoms with van der Waals surface area (Å²) in [7, 11) is 0. The maximum Gasteiger partial charge on any atom is 0.254 e. The molecule has 3 unspecified atom stereocenters. The fourth-order valence-corrected chi connectivity index (χ4v) is 7.26. The van der Waals surface area contributed by atoms with Gasteiger partial charge in [-0.3, -0.25) is 14.5 Å². The summed E-state index contributed by atoms with van der Waals surface area (Å²) in [5.41, 5.74) is 8.98. The van der Waals surface area contributed by atoms with Gasteiger partial charge < -0.3 is 16.0 Å². The largest absolute Gasteiger partial charge is 0.354 e. The third kappa shape index (κ3) is 7.85. The van der Waals surface area contributed by atoms with E-state index in [1.165, 1.54) is 23.3 Å². The molecular formula is C34H44N4O2S. The second-order valence-corrected chi connectivity index (χ2v) is 12.9. The van der Waals surface area contributed by atoms with Gasteiger partial charge in [0, 0.05) is 42.7 Å². The number of nitrogens with zero attached hydrogens (tertiary/aromatic N) is 2. The number of rotatable bonds is 10. The van der Waals surface area contributed by atoms with Gasteiger partial charge in [0.2, 0.25) is 5.91 Å². The molecule has 0 bridgehead atoms. The van der Waals surface area contributed by atoms with E-state index in [1.807, 2.05) is 42.2 Å². The molecule has 0 radical (unpaired) electrons. The van der Waals surface area contributed by atoms with E-state index >= 15 is 0 Å². The van der Waals surface area contributed by atoms with Gasteiger partial charge in [0.15, 0.2) is 0 Å². The Balaban J connectivity index is 1.35. The van der Waals surface area contributed by atoms with E-state index < -0.39 is 6.04 Å². The Morgan fingerprint density at radius 1 is 0.951 bits per heavy atom. The van der Waals surface area contributed by atoms with Crippen molar-refractivity contribution in [2.75, 3.05) is 19.6 Å². The molecule has 1 aliphatic carbocycles. The standard InChI is InChI=1S/C34H44N4O2S/c1-25-12-14-29(15-13-25)34(40)38-17-16-30(20-32(38)33(39)36-22-28-10-5-9-27(19-28)21-35)37(24-31-11-6-18-41-31)23-26-7-3-2-4-8-26/h2-4,6-8,11-15,18,27-28,30,32H,5,9-10,16-17,19-24,35H2,1H3,(H,36,39)/t27?,28?,30?,32-/m1/s1. The van der Waals surface area contributed by atoms with Crippen LogP contribution in [0.5, 0.6) is 0 Å². The van der Waals surface area contributed by atoms with Crippen molar-refractivity contribution in [1.29, 1.82) is 0 Å². The minimum absolute atomic E-state index is 0.0270. The number of aryl methyl sites for hydroxylation is 1. The molecule has 2 heterocycles. The van der Waals surface area contributed by atoms with Crippen LogP contribution in [0.2, 0.25) is 0 Å². The number of nitrogens with two attached hydrogens (primary N) is 1. The van der Waals surface area contributed by atoms with E-state index in [2.05, 4.69) is 52.0 Å². The van der Waals surface area contributed by atoms with Crippen LogP contribution >= 0.6 is 11.3 Å². The number of amides is 2. The Bertz CT molecular complexity index is 1250. The lowest BCUT2D eigenvalue weighted by Gasteiger charge is -2.43. The van der Waals surface area contributed by atoms with Gasteiger partial charge >= 0.3 is 0 Å². The minimum atomic E-state index is -0.502. The van der Waals surface area contributed by atoms with Gasteiger partial charge in [-0.2, -0.15) is 0 Å². The van der Waals surface area contributed by atoms with E-state index in [4.69, 9.17) is 5.73 Å². The monoisotopic (exact) mass is 572 g/mol. The van der Waals surface area contributed by atoms with Crippen molar-refractivity contribution in [3.05, 3.63) is 93.7 Å². The SMILES string of the molecule is Cc1ccc(C(=O)N2CCC(N(Cc3ccccc3)Cc3cccs3)C[C@@H]2C(=O)NCC2CCCC(CN)C2)cc1. The minimum Gasteiger partial charge on any atom is -0.354 e. The highest BCUT2D eigenvalue weighted by Gasteiger charge is 2.39. The summed E-state index contributed by atoms with van der Waals surface area (Å²) in [5, 5.41) is 5.40. The van der Waals surface area contributed by atoms with Crippen molar-refractivity contribution in [1.82, 2.24) is 15.1 Å². The molecular weight excluding hydrogens is 528 g/mol. The van der Waals surface area contributed by atoms with Crippen LogP contribution in [0.15, 0.2) is 72.1 Å². The number of benzene rings is 2. The van der Waals surface area contributed by atoms with E-state index in [9.17, 15) is 9.59 Å². The quantitative estimate of drug-likeness (QED) is 0.331. The molecule has 2 aliphatic rings. The number of hydrogen-bond donors (Lipinski definition) is 2. The van der Waals surface area contributed by atoms with Crippen LogP contribution < -0.4 is 11.1 Å². The molecule has 1 saturated carbocycles. The molecule has 7 heteroatoms. The molecule has 218 valence electrons. The van der Waals surface area contributed by atoms with Crippen LogP contribution in [-0.4, -0.2) is 53.3 Å². The highest BCUT2D eigenvalue weighted by molar-refractivity contribution is 7.09. The molecule has 3 aromatic rings. The third-order valence-electron chi connectivity index (χ3n) is 8.91. The maximum atomic E-state index is 13.9. The molecule has 6 nitrogen and oxygen atoms in total. The molecule has 1 aromatic heterocycles. The van der Waals surface area contributed by atoms with Gasteiger partial charge in [-0.1, -0.05) is 60.5 Å². The lowest BCUT2D eigenvalue weighted by molar-refractivity contribution is -0.128. The smallest absolute Gasteiger partial charge is 0.254 e. The van der Waals surface area contributed by atoms with Gasteiger partial charge in [0.25, 0.3) is 5.91 Å². The number of carbonyl (C=O) groups excluding carboxylic acids is 2. The zero-order chi connectivity index (χ0) is 28.6. The second-order valence-electron chi connectivity index (χ2n) is 11.9. The van der Waals surface area contributed by atoms with Gasteiger partial charge in [-0.05, 0) is 86.6 Å². The summed E-state index contributed by atoms with van der Waals surface area (Å²) >= 11 is 1.77. The van der Waals surface area contributed by atoms with Crippen LogP contribution in [0.1, 0.15) is 64.9 Å². The molecule has 2 amide bonds. The van der Waals surface area contributed by atoms with Crippen molar-refractivity contribution in [3.63, 3.8) is 0 Å². The van der Waals surface area contributed by atoms with Gasteiger partial charge in [-0.25, -0.2) is 0 Å². The molecule has 0 spiro atoms. The fraction of sp³-hybridized carbons (Fsp3) is 0.471. The Labute approximate surface area is 248 Å². The third-order valence-corrected chi connectivity index (χ3v) is 9.77. The maximum absolute atomic E-state index is 13.9. The first-order valence-electron chi connectivity index (χ1n) is 15.2. The number of nitrogens with one attached hydrogen (secondary N) is 1. The van der Waals surface area contributed by atoms with E-state index in [-0.39, 0.29) is 17.9 Å². The van der Waals surface area contributed by atoms with E-state index in [0.29, 0.717) is 36.9 Å². The van der Waals surface area contributed by atoms with Gasteiger partial charge in [0.1, 0.15) is 6.04 Å². The number of hydrogen-bond acceptors (Lipinski definition) is 5. The lowest BCUT2D eigenvalue weighted by Crippen LogP contribution is -2.57. The number of piperidine rings is 1. The average Bonchev–Trinajstić information content (AvgIpc) is 3.53. The van der Waals surface area contributed by atoms with Crippen LogP contribution in [0.3, 0.4) is 0 Å². The molecule has 2 fully saturated rings. The number of likely N-dealkylation sites (tertiary alicyclic amines) is 1. The predicted octanol–water partition coefficient (Wildman–Crippen LogP) is 5.61. The summed E-state index contributed by atoms with van der Waals surface area (Å²) in [6, 6.07) is 22.2. The Morgan fingerprint density at radius 2 is 1.73 bits per heavy atom. The number of carbonyl (C=O) groups is 2. The number of thiophene rings is 1. The van der Waals surface area contributed by atoms with E-state index in [1.54, 1.807) is 11.3 Å². The summed E-state index contributed by atoms with van der Waals surface area (Å²) in [5.74, 6) is 0.918. The molecule has 1 saturated heterocycles. The molecule has 4 atom stereocenters. The van der Waals surface area contributed by atoms with Crippen LogP contribution in [-0.2, 0) is 17.9 Å². The van der Waals surface area contributed by atoms with E-state index in [0.717, 1.165) is 44.5 Å². The van der Waals surface area contributed by atoms with Crippen LogP contribution in [0.25, 0.3) is 0 Å². The van der Waals surface area contributed by atoms with Crippen molar-refractivity contribution >= 4 is 23.2 Å². The van der Waals surface area contributed by atoms with Gasteiger partial charge in [-0.15, -0.1) is 11.3 Å². The Morgan fingerprint density at radius 3 is 2.46 bits per heavy atom. The summed E-state index contributed by atoms with van der Waals surface area (Å²) < 4.78 is 0. The summed E-state index contributed by atoms with van der Waals surface area (Å²) in [6.45, 7) is 5.60. The Hall–Kier alpha value is -3.00. The lowest BCUT2D eigenvalue weighted by atomic mass is 9.81. The topological polar surface area (TPSA) is 78.7 Å². The molecule has 3 N–H and O–H groups in total. The first-order valence-corrected chi connectivity index (χ1v) is 16.0. The summed E-state index contributed by atoms with van der Waals surface area (Å²) in [6.07, 6.45) is 6.01. The zero-order valence-corrected chi connectivity index (χ0v) is 25.0. The van der Waals surface area contributed by atoms with Crippen LogP contribution in [0.4, 0.5) is 0 Å². The van der Waals surface area contributed by atoms with Crippen molar-refractivity contribution < 1.29 is 9.59 Å². The normalized spacial score (nSPS) is 23.0. The highest BCUT2D eigenvalue weighted by atomic mass is 32.1. The first-order chi connectivity index (χ1) is 20.0. The first kappa shape index (κ1) is 29.5.